The lowest BCUT2D eigenvalue weighted by Gasteiger charge is -2.09. The molecule has 0 unspecified atom stereocenters. The quantitative estimate of drug-likeness (QED) is 0.801. The maximum absolute atomic E-state index is 11.9. The largest absolute Gasteiger partial charge is 0.352 e. The zero-order valence-corrected chi connectivity index (χ0v) is 11.8. The van der Waals surface area contributed by atoms with Gasteiger partial charge in [0.25, 0.3) is 5.91 Å². The molecule has 0 spiro atoms. The van der Waals surface area contributed by atoms with Crippen LogP contribution in [-0.4, -0.2) is 44.1 Å². The summed E-state index contributed by atoms with van der Waals surface area (Å²) in [6.07, 6.45) is 4.46. The Morgan fingerprint density at radius 3 is 2.52 bits per heavy atom. The molecule has 8 heteroatoms. The van der Waals surface area contributed by atoms with Crippen LogP contribution in [0.5, 0.6) is 0 Å². The Morgan fingerprint density at radius 1 is 1.24 bits per heavy atom. The van der Waals surface area contributed by atoms with Crippen molar-refractivity contribution in [2.45, 2.75) is 19.9 Å². The molecule has 110 valence electrons. The van der Waals surface area contributed by atoms with Crippen LogP contribution in [0.15, 0.2) is 31.0 Å². The normalized spacial score (nSPS) is 10.4. The first-order chi connectivity index (χ1) is 10.1. The molecule has 0 aliphatic rings. The number of nitrogens with zero attached hydrogens (tertiary/aromatic N) is 4. The van der Waals surface area contributed by atoms with Gasteiger partial charge in [-0.15, -0.1) is 10.2 Å². The third kappa shape index (κ3) is 4.10. The minimum atomic E-state index is -0.350. The van der Waals surface area contributed by atoms with Crippen molar-refractivity contribution in [2.24, 2.45) is 0 Å². The van der Waals surface area contributed by atoms with Crippen molar-refractivity contribution in [3.05, 3.63) is 36.5 Å². The highest BCUT2D eigenvalue weighted by molar-refractivity contribution is 5.96. The fourth-order valence-electron chi connectivity index (χ4n) is 1.63. The number of hydrogen-bond donors (Lipinski definition) is 2. The van der Waals surface area contributed by atoms with E-state index in [1.807, 2.05) is 13.8 Å². The monoisotopic (exact) mass is 288 g/mol. The summed E-state index contributed by atoms with van der Waals surface area (Å²) < 4.78 is 1.62. The first-order valence-corrected chi connectivity index (χ1v) is 6.45. The van der Waals surface area contributed by atoms with Crippen LogP contribution < -0.4 is 10.6 Å². The highest BCUT2D eigenvalue weighted by atomic mass is 16.2. The lowest BCUT2D eigenvalue weighted by Crippen LogP contribution is -2.39. The second-order valence-electron chi connectivity index (χ2n) is 4.68. The summed E-state index contributed by atoms with van der Waals surface area (Å²) in [6.45, 7) is 3.64. The van der Waals surface area contributed by atoms with Crippen molar-refractivity contribution in [2.75, 3.05) is 6.54 Å². The van der Waals surface area contributed by atoms with E-state index in [-0.39, 0.29) is 24.4 Å². The van der Waals surface area contributed by atoms with E-state index >= 15 is 0 Å². The van der Waals surface area contributed by atoms with Crippen molar-refractivity contribution in [3.8, 4) is 5.82 Å². The number of rotatable bonds is 5. The molecule has 0 saturated carbocycles. The molecule has 0 aliphatic heterocycles. The van der Waals surface area contributed by atoms with Crippen molar-refractivity contribution in [3.63, 3.8) is 0 Å². The van der Waals surface area contributed by atoms with Gasteiger partial charge in [-0.1, -0.05) is 0 Å². The molecule has 21 heavy (non-hydrogen) atoms. The molecule has 2 rings (SSSR count). The topological polar surface area (TPSA) is 102 Å². The van der Waals surface area contributed by atoms with E-state index < -0.39 is 0 Å². The summed E-state index contributed by atoms with van der Waals surface area (Å²) in [5, 5.41) is 12.6. The van der Waals surface area contributed by atoms with Crippen LogP contribution in [0, 0.1) is 0 Å². The van der Waals surface area contributed by atoms with Crippen LogP contribution >= 0.6 is 0 Å². The van der Waals surface area contributed by atoms with Gasteiger partial charge in [0.2, 0.25) is 5.91 Å². The fourth-order valence-corrected chi connectivity index (χ4v) is 1.63. The van der Waals surface area contributed by atoms with Crippen LogP contribution in [0.4, 0.5) is 0 Å². The van der Waals surface area contributed by atoms with E-state index in [4.69, 9.17) is 0 Å². The predicted octanol–water partition coefficient (Wildman–Crippen LogP) is -0.0833. The molecule has 0 atom stereocenters. The molecule has 0 saturated heterocycles. The van der Waals surface area contributed by atoms with Crippen LogP contribution in [0.1, 0.15) is 24.2 Å². The Labute approximate surface area is 121 Å². The molecule has 8 nitrogen and oxygen atoms in total. The van der Waals surface area contributed by atoms with Crippen molar-refractivity contribution >= 4 is 11.8 Å². The zero-order valence-electron chi connectivity index (χ0n) is 11.8. The fraction of sp³-hybridized carbons (Fsp3) is 0.308. The van der Waals surface area contributed by atoms with Crippen LogP contribution in [-0.2, 0) is 4.79 Å². The molecular weight excluding hydrogens is 272 g/mol. The standard InChI is InChI=1S/C13H16N6O2/c1-9(2)18-12(20)6-15-13(21)10-3-4-11(14-5-10)19-7-16-17-8-19/h3-5,7-9H,6H2,1-2H3,(H,15,21)(H,18,20). The first kappa shape index (κ1) is 14.6. The molecule has 0 aromatic carbocycles. The molecule has 2 heterocycles. The minimum Gasteiger partial charge on any atom is -0.352 e. The summed E-state index contributed by atoms with van der Waals surface area (Å²) in [5.41, 5.74) is 0.379. The number of amides is 2. The molecule has 2 amide bonds. The Kier molecular flexibility index (Phi) is 4.60. The molecule has 2 aromatic heterocycles. The second-order valence-corrected chi connectivity index (χ2v) is 4.68. The maximum Gasteiger partial charge on any atom is 0.253 e. The number of carbonyl (C=O) groups excluding carboxylic acids is 2. The predicted molar refractivity (Wildman–Crippen MR) is 74.8 cm³/mol. The highest BCUT2D eigenvalue weighted by Gasteiger charge is 2.09. The second kappa shape index (κ2) is 6.60. The number of nitrogens with one attached hydrogen (secondary N) is 2. The van der Waals surface area contributed by atoms with Gasteiger partial charge < -0.3 is 10.6 Å². The van der Waals surface area contributed by atoms with Gasteiger partial charge in [0, 0.05) is 12.2 Å². The number of carbonyl (C=O) groups is 2. The van der Waals surface area contributed by atoms with Gasteiger partial charge in [-0.2, -0.15) is 0 Å². The molecular formula is C13H16N6O2. The average Bonchev–Trinajstić information content (AvgIpc) is 2.98. The van der Waals surface area contributed by atoms with E-state index in [0.29, 0.717) is 11.4 Å². The number of pyridine rings is 1. The first-order valence-electron chi connectivity index (χ1n) is 6.45. The number of aromatic nitrogens is 4. The summed E-state index contributed by atoms with van der Waals surface area (Å²) in [6, 6.07) is 3.34. The van der Waals surface area contributed by atoms with Gasteiger partial charge in [0.1, 0.15) is 18.5 Å². The molecule has 2 aromatic rings. The van der Waals surface area contributed by atoms with Crippen LogP contribution in [0.25, 0.3) is 5.82 Å². The number of hydrogen-bond acceptors (Lipinski definition) is 5. The maximum atomic E-state index is 11.9. The Hall–Kier alpha value is -2.77. The summed E-state index contributed by atoms with van der Waals surface area (Å²) >= 11 is 0. The lowest BCUT2D eigenvalue weighted by atomic mass is 10.2. The summed E-state index contributed by atoms with van der Waals surface area (Å²) in [5.74, 6) is 0.0261. The molecule has 0 radical (unpaired) electrons. The van der Waals surface area contributed by atoms with Crippen LogP contribution in [0.2, 0.25) is 0 Å². The molecule has 0 fully saturated rings. The van der Waals surface area contributed by atoms with E-state index in [2.05, 4.69) is 25.8 Å². The third-order valence-corrected chi connectivity index (χ3v) is 2.55. The van der Waals surface area contributed by atoms with Crippen molar-refractivity contribution in [1.82, 2.24) is 30.4 Å². The SMILES string of the molecule is CC(C)NC(=O)CNC(=O)c1ccc(-n2cnnc2)nc1. The Balaban J connectivity index is 1.93. The van der Waals surface area contributed by atoms with Gasteiger partial charge >= 0.3 is 0 Å². The summed E-state index contributed by atoms with van der Waals surface area (Å²) in [7, 11) is 0. The smallest absolute Gasteiger partial charge is 0.253 e. The van der Waals surface area contributed by atoms with Crippen LogP contribution in [0.3, 0.4) is 0 Å². The summed E-state index contributed by atoms with van der Waals surface area (Å²) in [4.78, 5) is 27.4. The van der Waals surface area contributed by atoms with E-state index in [0.717, 1.165) is 0 Å². The van der Waals surface area contributed by atoms with Gasteiger partial charge in [-0.25, -0.2) is 4.98 Å². The Bertz CT molecular complexity index is 606. The highest BCUT2D eigenvalue weighted by Crippen LogP contribution is 2.04. The zero-order chi connectivity index (χ0) is 15.2. The molecule has 0 aliphatic carbocycles. The van der Waals surface area contributed by atoms with Crippen molar-refractivity contribution < 1.29 is 9.59 Å². The molecule has 2 N–H and O–H groups in total. The van der Waals surface area contributed by atoms with Gasteiger partial charge in [0.05, 0.1) is 12.1 Å². The van der Waals surface area contributed by atoms with Gasteiger partial charge in [0.15, 0.2) is 0 Å². The molecule has 0 bridgehead atoms. The average molecular weight is 288 g/mol. The van der Waals surface area contributed by atoms with Gasteiger partial charge in [-0.3, -0.25) is 14.2 Å². The van der Waals surface area contributed by atoms with E-state index in [1.165, 1.54) is 18.9 Å². The third-order valence-electron chi connectivity index (χ3n) is 2.55. The minimum absolute atomic E-state index is 0.0409. The lowest BCUT2D eigenvalue weighted by molar-refractivity contribution is -0.120. The van der Waals surface area contributed by atoms with E-state index in [1.54, 1.807) is 16.7 Å². The van der Waals surface area contributed by atoms with Gasteiger partial charge in [-0.05, 0) is 26.0 Å². The van der Waals surface area contributed by atoms with E-state index in [9.17, 15) is 9.59 Å². The Morgan fingerprint density at radius 2 is 1.95 bits per heavy atom. The van der Waals surface area contributed by atoms with Crippen molar-refractivity contribution in [1.29, 1.82) is 0 Å².